The third-order valence-corrected chi connectivity index (χ3v) is 6.24. The van der Waals surface area contributed by atoms with E-state index in [0.717, 1.165) is 12.7 Å². The second-order valence-electron chi connectivity index (χ2n) is 7.48. The molecule has 3 heterocycles. The molecule has 0 bridgehead atoms. The van der Waals surface area contributed by atoms with E-state index in [9.17, 15) is 18.3 Å². The summed E-state index contributed by atoms with van der Waals surface area (Å²) in [7, 11) is -3.62. The first-order valence-electron chi connectivity index (χ1n) is 8.61. The Bertz CT molecular complexity index is 1040. The number of ether oxygens (including phenoxy) is 1. The van der Waals surface area contributed by atoms with E-state index in [1.165, 1.54) is 10.8 Å². The van der Waals surface area contributed by atoms with Crippen LogP contribution in [0, 0.1) is 0 Å². The molecule has 2 aliphatic rings. The zero-order chi connectivity index (χ0) is 18.7. The first kappa shape index (κ1) is 17.6. The van der Waals surface area contributed by atoms with Gasteiger partial charge in [0.2, 0.25) is 15.0 Å². The summed E-state index contributed by atoms with van der Waals surface area (Å²) in [5.74, 6) is -0.000846. The van der Waals surface area contributed by atoms with Crippen molar-refractivity contribution >= 4 is 20.9 Å². The standard InChI is InChI=1S/C17H21N3O5S/c1-17(22)5-3-4-13(17)20-14-10(7-18-16(19-14)26(2,23)24)6-12(15(20)21)11-8-25-9-11/h6-7,11,13,22H,3-5,8-9H2,1-2H3/t13-,17-/m1/s1. The largest absolute Gasteiger partial charge is 0.388 e. The fourth-order valence-electron chi connectivity index (χ4n) is 3.84. The van der Waals surface area contributed by atoms with Crippen molar-refractivity contribution in [2.24, 2.45) is 0 Å². The number of pyridine rings is 1. The Kier molecular flexibility index (Phi) is 3.94. The van der Waals surface area contributed by atoms with Gasteiger partial charge in [-0.25, -0.2) is 13.4 Å². The third kappa shape index (κ3) is 2.74. The van der Waals surface area contributed by atoms with Gasteiger partial charge in [0.25, 0.3) is 5.56 Å². The molecule has 9 heteroatoms. The summed E-state index contributed by atoms with van der Waals surface area (Å²) in [5, 5.41) is 11.0. The van der Waals surface area contributed by atoms with Gasteiger partial charge in [-0.3, -0.25) is 9.36 Å². The lowest BCUT2D eigenvalue weighted by Crippen LogP contribution is -2.41. The monoisotopic (exact) mass is 379 g/mol. The van der Waals surface area contributed by atoms with E-state index >= 15 is 0 Å². The molecule has 0 radical (unpaired) electrons. The Hall–Kier alpha value is -1.84. The predicted molar refractivity (Wildman–Crippen MR) is 94.0 cm³/mol. The van der Waals surface area contributed by atoms with Gasteiger partial charge >= 0.3 is 0 Å². The molecule has 1 aliphatic heterocycles. The van der Waals surface area contributed by atoms with Gasteiger partial charge in [0, 0.05) is 29.3 Å². The molecule has 140 valence electrons. The number of rotatable bonds is 3. The summed E-state index contributed by atoms with van der Waals surface area (Å²) < 4.78 is 30.4. The molecule has 1 aliphatic carbocycles. The predicted octanol–water partition coefficient (Wildman–Crippen LogP) is 0.785. The van der Waals surface area contributed by atoms with Crippen molar-refractivity contribution in [2.75, 3.05) is 19.5 Å². The lowest BCUT2D eigenvalue weighted by molar-refractivity contribution is 0.00666. The van der Waals surface area contributed by atoms with Gasteiger partial charge in [0.05, 0.1) is 24.9 Å². The van der Waals surface area contributed by atoms with Crippen LogP contribution in [-0.2, 0) is 14.6 Å². The molecular formula is C17H21N3O5S. The molecule has 1 N–H and O–H groups in total. The molecule has 0 amide bonds. The van der Waals surface area contributed by atoms with Gasteiger partial charge in [-0.1, -0.05) is 0 Å². The van der Waals surface area contributed by atoms with Gasteiger partial charge in [0.1, 0.15) is 5.65 Å². The minimum absolute atomic E-state index is 0.000846. The number of fused-ring (bicyclic) bond motifs is 1. The van der Waals surface area contributed by atoms with E-state index in [1.54, 1.807) is 13.0 Å². The highest BCUT2D eigenvalue weighted by molar-refractivity contribution is 7.90. The molecule has 1 saturated heterocycles. The number of nitrogens with zero attached hydrogens (tertiary/aromatic N) is 3. The minimum Gasteiger partial charge on any atom is -0.388 e. The Morgan fingerprint density at radius 2 is 2.12 bits per heavy atom. The third-order valence-electron chi connectivity index (χ3n) is 5.38. The van der Waals surface area contributed by atoms with Crippen LogP contribution < -0.4 is 5.56 Å². The van der Waals surface area contributed by atoms with E-state index in [1.807, 2.05) is 0 Å². The number of aromatic nitrogens is 3. The molecule has 4 rings (SSSR count). The van der Waals surface area contributed by atoms with Gasteiger partial charge in [-0.2, -0.15) is 4.98 Å². The molecule has 2 aromatic rings. The highest BCUT2D eigenvalue weighted by atomic mass is 32.2. The van der Waals surface area contributed by atoms with E-state index in [-0.39, 0.29) is 22.3 Å². The lowest BCUT2D eigenvalue weighted by atomic mass is 9.96. The van der Waals surface area contributed by atoms with Gasteiger partial charge < -0.3 is 9.84 Å². The summed E-state index contributed by atoms with van der Waals surface area (Å²) in [6.45, 7) is 2.66. The van der Waals surface area contributed by atoms with Crippen molar-refractivity contribution in [1.82, 2.24) is 14.5 Å². The second-order valence-corrected chi connectivity index (χ2v) is 9.39. The van der Waals surface area contributed by atoms with Crippen LogP contribution in [0.4, 0.5) is 0 Å². The first-order valence-corrected chi connectivity index (χ1v) is 10.5. The highest BCUT2D eigenvalue weighted by Crippen LogP contribution is 2.40. The molecule has 8 nitrogen and oxygen atoms in total. The van der Waals surface area contributed by atoms with Crippen molar-refractivity contribution in [3.05, 3.63) is 28.2 Å². The smallest absolute Gasteiger partial charge is 0.256 e. The Labute approximate surface area is 150 Å². The Morgan fingerprint density at radius 1 is 1.38 bits per heavy atom. The molecule has 0 aromatic carbocycles. The van der Waals surface area contributed by atoms with Crippen molar-refractivity contribution in [1.29, 1.82) is 0 Å². The summed E-state index contributed by atoms with van der Waals surface area (Å²) in [4.78, 5) is 21.4. The van der Waals surface area contributed by atoms with Crippen molar-refractivity contribution in [3.63, 3.8) is 0 Å². The highest BCUT2D eigenvalue weighted by Gasteiger charge is 2.40. The average molecular weight is 379 g/mol. The summed E-state index contributed by atoms with van der Waals surface area (Å²) >= 11 is 0. The number of sulfone groups is 1. The van der Waals surface area contributed by atoms with E-state index in [0.29, 0.717) is 37.0 Å². The molecule has 2 atom stereocenters. The normalized spacial score (nSPS) is 27.0. The molecule has 2 aromatic heterocycles. The Balaban J connectivity index is 2.03. The second kappa shape index (κ2) is 5.83. The average Bonchev–Trinajstić information content (AvgIpc) is 2.84. The molecular weight excluding hydrogens is 358 g/mol. The lowest BCUT2D eigenvalue weighted by Gasteiger charge is -2.31. The van der Waals surface area contributed by atoms with Crippen LogP contribution in [0.15, 0.2) is 22.2 Å². The number of hydrogen-bond donors (Lipinski definition) is 1. The molecule has 0 spiro atoms. The van der Waals surface area contributed by atoms with Crippen molar-refractivity contribution in [3.8, 4) is 0 Å². The van der Waals surface area contributed by atoms with Crippen molar-refractivity contribution < 1.29 is 18.3 Å². The number of hydrogen-bond acceptors (Lipinski definition) is 7. The molecule has 1 saturated carbocycles. The van der Waals surface area contributed by atoms with Gasteiger partial charge in [0.15, 0.2) is 0 Å². The van der Waals surface area contributed by atoms with E-state index < -0.39 is 21.5 Å². The van der Waals surface area contributed by atoms with Crippen LogP contribution in [0.3, 0.4) is 0 Å². The first-order chi connectivity index (χ1) is 12.2. The summed E-state index contributed by atoms with van der Waals surface area (Å²) in [6, 6.07) is 1.26. The fourth-order valence-corrected chi connectivity index (χ4v) is 4.34. The topological polar surface area (TPSA) is 111 Å². The van der Waals surface area contributed by atoms with Gasteiger partial charge in [-0.05, 0) is 32.3 Å². The SMILES string of the molecule is C[C@@]1(O)CCC[C@H]1n1c(=O)c(C2COC2)cc2cnc(S(C)(=O)=O)nc21. The Morgan fingerprint density at radius 3 is 2.65 bits per heavy atom. The molecule has 26 heavy (non-hydrogen) atoms. The van der Waals surface area contributed by atoms with Crippen LogP contribution in [0.25, 0.3) is 11.0 Å². The quantitative estimate of drug-likeness (QED) is 0.785. The maximum Gasteiger partial charge on any atom is 0.256 e. The summed E-state index contributed by atoms with van der Waals surface area (Å²) in [5.41, 5.74) is -0.443. The number of aliphatic hydroxyl groups is 1. The van der Waals surface area contributed by atoms with Crippen LogP contribution in [-0.4, -0.2) is 53.1 Å². The van der Waals surface area contributed by atoms with E-state index in [2.05, 4.69) is 9.97 Å². The van der Waals surface area contributed by atoms with Crippen LogP contribution in [0.5, 0.6) is 0 Å². The minimum atomic E-state index is -3.62. The molecule has 2 fully saturated rings. The zero-order valence-electron chi connectivity index (χ0n) is 14.7. The van der Waals surface area contributed by atoms with Crippen molar-refractivity contribution in [2.45, 2.75) is 48.9 Å². The maximum atomic E-state index is 13.2. The van der Waals surface area contributed by atoms with Crippen LogP contribution in [0.2, 0.25) is 0 Å². The van der Waals surface area contributed by atoms with Crippen LogP contribution >= 0.6 is 0 Å². The maximum absolute atomic E-state index is 13.2. The fraction of sp³-hybridized carbons (Fsp3) is 0.588. The zero-order valence-corrected chi connectivity index (χ0v) is 15.5. The molecule has 0 unspecified atom stereocenters. The van der Waals surface area contributed by atoms with E-state index in [4.69, 9.17) is 4.74 Å². The van der Waals surface area contributed by atoms with Gasteiger partial charge in [-0.15, -0.1) is 0 Å². The summed E-state index contributed by atoms with van der Waals surface area (Å²) in [6.07, 6.45) is 4.45. The van der Waals surface area contributed by atoms with Crippen LogP contribution in [0.1, 0.15) is 43.7 Å².